The number of thiocarbonyl (C=S) groups is 1. The van der Waals surface area contributed by atoms with E-state index in [2.05, 4.69) is 5.32 Å². The number of amides is 1. The van der Waals surface area contributed by atoms with E-state index in [0.717, 1.165) is 23.1 Å². The highest BCUT2D eigenvalue weighted by Gasteiger charge is 2.08. The van der Waals surface area contributed by atoms with Crippen LogP contribution in [0.4, 0.5) is 0 Å². The standard InChI is InChI=1S/C13H18N2OS/c1-9-5-6-10(2)11(8-9)13(16)15-7-3-4-12(14)17/h5-6,8H,3-4,7H2,1-2H3,(H2,14,17)(H,15,16). The maximum absolute atomic E-state index is 11.9. The van der Waals surface area contributed by atoms with Crippen LogP contribution in [0.25, 0.3) is 0 Å². The average Bonchev–Trinajstić information content (AvgIpc) is 2.27. The molecule has 4 heteroatoms. The second kappa shape index (κ2) is 6.35. The normalized spacial score (nSPS) is 10.0. The van der Waals surface area contributed by atoms with Gasteiger partial charge in [0.05, 0.1) is 4.99 Å². The molecule has 0 fully saturated rings. The molecule has 92 valence electrons. The molecule has 0 saturated carbocycles. The van der Waals surface area contributed by atoms with Crippen molar-refractivity contribution in [3.05, 3.63) is 34.9 Å². The molecular formula is C13H18N2OS. The van der Waals surface area contributed by atoms with E-state index in [9.17, 15) is 4.79 Å². The number of carbonyl (C=O) groups is 1. The molecule has 1 aromatic rings. The van der Waals surface area contributed by atoms with Gasteiger partial charge in [-0.3, -0.25) is 4.79 Å². The molecule has 0 unspecified atom stereocenters. The van der Waals surface area contributed by atoms with Gasteiger partial charge in [-0.25, -0.2) is 0 Å². The number of carbonyl (C=O) groups excluding carboxylic acids is 1. The lowest BCUT2D eigenvalue weighted by atomic mass is 10.1. The number of rotatable bonds is 5. The van der Waals surface area contributed by atoms with E-state index in [4.69, 9.17) is 18.0 Å². The van der Waals surface area contributed by atoms with Gasteiger partial charge >= 0.3 is 0 Å². The zero-order valence-corrected chi connectivity index (χ0v) is 11.1. The number of nitrogens with two attached hydrogens (primary N) is 1. The number of hydrogen-bond donors (Lipinski definition) is 2. The third-order valence-electron chi connectivity index (χ3n) is 2.52. The first-order valence-corrected chi connectivity index (χ1v) is 6.05. The molecule has 0 aliphatic carbocycles. The van der Waals surface area contributed by atoms with Crippen LogP contribution in [0.3, 0.4) is 0 Å². The van der Waals surface area contributed by atoms with E-state index >= 15 is 0 Å². The Kier molecular flexibility index (Phi) is 5.10. The molecule has 1 amide bonds. The fraction of sp³-hybridized carbons (Fsp3) is 0.385. The van der Waals surface area contributed by atoms with E-state index in [1.165, 1.54) is 0 Å². The SMILES string of the molecule is Cc1ccc(C)c(C(=O)NCCCC(N)=S)c1. The first kappa shape index (κ1) is 13.6. The molecule has 0 aromatic heterocycles. The van der Waals surface area contributed by atoms with Crippen LogP contribution in [0.2, 0.25) is 0 Å². The van der Waals surface area contributed by atoms with E-state index in [0.29, 0.717) is 18.0 Å². The Bertz CT molecular complexity index is 429. The van der Waals surface area contributed by atoms with Crippen molar-refractivity contribution < 1.29 is 4.79 Å². The lowest BCUT2D eigenvalue weighted by Crippen LogP contribution is -2.26. The van der Waals surface area contributed by atoms with Gasteiger partial charge in [-0.2, -0.15) is 0 Å². The first-order chi connectivity index (χ1) is 8.00. The van der Waals surface area contributed by atoms with Crippen molar-refractivity contribution in [1.29, 1.82) is 0 Å². The van der Waals surface area contributed by atoms with Crippen molar-refractivity contribution in [1.82, 2.24) is 5.32 Å². The smallest absolute Gasteiger partial charge is 0.251 e. The lowest BCUT2D eigenvalue weighted by molar-refractivity contribution is 0.0952. The van der Waals surface area contributed by atoms with Crippen LogP contribution < -0.4 is 11.1 Å². The summed E-state index contributed by atoms with van der Waals surface area (Å²) in [6, 6.07) is 5.86. The quantitative estimate of drug-likeness (QED) is 0.621. The zero-order chi connectivity index (χ0) is 12.8. The van der Waals surface area contributed by atoms with E-state index in [1.54, 1.807) is 0 Å². The average molecular weight is 250 g/mol. The Balaban J connectivity index is 2.52. The summed E-state index contributed by atoms with van der Waals surface area (Å²) in [5.74, 6) is -0.0332. The van der Waals surface area contributed by atoms with Crippen LogP contribution in [-0.2, 0) is 0 Å². The summed E-state index contributed by atoms with van der Waals surface area (Å²) < 4.78 is 0. The molecule has 3 nitrogen and oxygen atoms in total. The Labute approximate surface area is 107 Å². The molecule has 0 aliphatic heterocycles. The number of benzene rings is 1. The fourth-order valence-electron chi connectivity index (χ4n) is 1.54. The molecular weight excluding hydrogens is 232 g/mol. The Hall–Kier alpha value is -1.42. The summed E-state index contributed by atoms with van der Waals surface area (Å²) in [6.07, 6.45) is 1.45. The van der Waals surface area contributed by atoms with Crippen LogP contribution in [0, 0.1) is 13.8 Å². The van der Waals surface area contributed by atoms with Crippen molar-refractivity contribution in [2.45, 2.75) is 26.7 Å². The summed E-state index contributed by atoms with van der Waals surface area (Å²) in [4.78, 5) is 12.4. The van der Waals surface area contributed by atoms with Crippen molar-refractivity contribution in [2.75, 3.05) is 6.54 Å². The lowest BCUT2D eigenvalue weighted by Gasteiger charge is -2.08. The third kappa shape index (κ3) is 4.53. The summed E-state index contributed by atoms with van der Waals surface area (Å²) in [5, 5.41) is 2.87. The van der Waals surface area contributed by atoms with Gasteiger partial charge in [0.1, 0.15) is 0 Å². The molecule has 0 spiro atoms. The van der Waals surface area contributed by atoms with Gasteiger partial charge in [0.2, 0.25) is 0 Å². The van der Waals surface area contributed by atoms with Gasteiger partial charge in [-0.05, 0) is 38.3 Å². The topological polar surface area (TPSA) is 55.1 Å². The van der Waals surface area contributed by atoms with E-state index in [1.807, 2.05) is 32.0 Å². The molecule has 0 saturated heterocycles. The summed E-state index contributed by atoms with van der Waals surface area (Å²) in [6.45, 7) is 4.51. The van der Waals surface area contributed by atoms with Gasteiger partial charge in [0.15, 0.2) is 0 Å². The summed E-state index contributed by atoms with van der Waals surface area (Å²) in [5.41, 5.74) is 8.19. The Morgan fingerprint density at radius 3 is 2.76 bits per heavy atom. The number of nitrogens with one attached hydrogen (secondary N) is 1. The maximum atomic E-state index is 11.9. The minimum atomic E-state index is -0.0332. The molecule has 0 heterocycles. The van der Waals surface area contributed by atoms with Crippen LogP contribution in [0.5, 0.6) is 0 Å². The van der Waals surface area contributed by atoms with Crippen LogP contribution in [0.1, 0.15) is 34.3 Å². The van der Waals surface area contributed by atoms with Gasteiger partial charge < -0.3 is 11.1 Å². The zero-order valence-electron chi connectivity index (χ0n) is 10.2. The minimum Gasteiger partial charge on any atom is -0.393 e. The van der Waals surface area contributed by atoms with Crippen LogP contribution >= 0.6 is 12.2 Å². The van der Waals surface area contributed by atoms with Crippen LogP contribution in [-0.4, -0.2) is 17.4 Å². The van der Waals surface area contributed by atoms with Gasteiger partial charge in [-0.15, -0.1) is 0 Å². The van der Waals surface area contributed by atoms with E-state index in [-0.39, 0.29) is 5.91 Å². The summed E-state index contributed by atoms with van der Waals surface area (Å²) >= 11 is 4.77. The maximum Gasteiger partial charge on any atom is 0.251 e. The monoisotopic (exact) mass is 250 g/mol. The van der Waals surface area contributed by atoms with Crippen LogP contribution in [0.15, 0.2) is 18.2 Å². The third-order valence-corrected chi connectivity index (χ3v) is 2.73. The van der Waals surface area contributed by atoms with Crippen molar-refractivity contribution in [2.24, 2.45) is 5.73 Å². The minimum absolute atomic E-state index is 0.0332. The second-order valence-corrected chi connectivity index (χ2v) is 4.67. The molecule has 0 aliphatic rings. The van der Waals surface area contributed by atoms with Gasteiger partial charge in [0.25, 0.3) is 5.91 Å². The predicted octanol–water partition coefficient (Wildman–Crippen LogP) is 2.10. The van der Waals surface area contributed by atoms with Crippen molar-refractivity contribution in [3.8, 4) is 0 Å². The first-order valence-electron chi connectivity index (χ1n) is 5.64. The molecule has 1 aromatic carbocycles. The predicted molar refractivity (Wildman–Crippen MR) is 74.3 cm³/mol. The van der Waals surface area contributed by atoms with Gasteiger partial charge in [-0.1, -0.05) is 29.9 Å². The highest BCUT2D eigenvalue weighted by atomic mass is 32.1. The Morgan fingerprint density at radius 2 is 2.12 bits per heavy atom. The van der Waals surface area contributed by atoms with E-state index < -0.39 is 0 Å². The molecule has 17 heavy (non-hydrogen) atoms. The highest BCUT2D eigenvalue weighted by molar-refractivity contribution is 7.80. The number of hydrogen-bond acceptors (Lipinski definition) is 2. The van der Waals surface area contributed by atoms with Gasteiger partial charge in [0, 0.05) is 12.1 Å². The van der Waals surface area contributed by atoms with Crippen molar-refractivity contribution >= 4 is 23.1 Å². The number of aryl methyl sites for hydroxylation is 2. The fourth-order valence-corrected chi connectivity index (χ4v) is 1.68. The molecule has 1 rings (SSSR count). The summed E-state index contributed by atoms with van der Waals surface area (Å²) in [7, 11) is 0. The highest BCUT2D eigenvalue weighted by Crippen LogP contribution is 2.10. The molecule has 0 bridgehead atoms. The Morgan fingerprint density at radius 1 is 1.41 bits per heavy atom. The molecule has 0 atom stereocenters. The molecule has 0 radical (unpaired) electrons. The van der Waals surface area contributed by atoms with Crippen molar-refractivity contribution in [3.63, 3.8) is 0 Å². The second-order valence-electron chi connectivity index (χ2n) is 4.14. The largest absolute Gasteiger partial charge is 0.393 e. The molecule has 3 N–H and O–H groups in total.